The highest BCUT2D eigenvalue weighted by atomic mass is 79.9. The van der Waals surface area contributed by atoms with Gasteiger partial charge < -0.3 is 15.0 Å². The molecule has 140 valence electrons. The number of aromatic nitrogens is 1. The van der Waals surface area contributed by atoms with Gasteiger partial charge in [-0.25, -0.2) is 4.79 Å². The summed E-state index contributed by atoms with van der Waals surface area (Å²) in [4.78, 5) is 23.9. The minimum Gasteiger partial charge on any atom is -0.477 e. The standard InChI is InChI=1S/C20H18BrClN2O3/c1-2-24-11-15(20(26)27)19(25)14-9-17(16(22)10-18(14)24)23-8-7-12-3-5-13(21)6-4-12/h3-6,9-11,23H,2,7-8H2,1H3,(H,26,27). The van der Waals surface area contributed by atoms with Crippen molar-refractivity contribution in [2.45, 2.75) is 19.9 Å². The molecule has 3 aromatic rings. The van der Waals surface area contributed by atoms with E-state index >= 15 is 0 Å². The molecular weight excluding hydrogens is 432 g/mol. The second-order valence-electron chi connectivity index (χ2n) is 6.12. The fourth-order valence-corrected chi connectivity index (χ4v) is 3.44. The Labute approximate surface area is 169 Å². The minimum absolute atomic E-state index is 0.243. The number of hydrogen-bond acceptors (Lipinski definition) is 3. The van der Waals surface area contributed by atoms with Gasteiger partial charge in [-0.2, -0.15) is 0 Å². The quantitative estimate of drug-likeness (QED) is 0.567. The molecule has 7 heteroatoms. The number of aryl methyl sites for hydroxylation is 1. The first-order valence-corrected chi connectivity index (χ1v) is 9.66. The molecule has 0 aliphatic rings. The van der Waals surface area contributed by atoms with Gasteiger partial charge in [-0.3, -0.25) is 4.79 Å². The molecule has 0 radical (unpaired) electrons. The van der Waals surface area contributed by atoms with Gasteiger partial charge in [0.05, 0.1) is 16.2 Å². The zero-order valence-electron chi connectivity index (χ0n) is 14.6. The van der Waals surface area contributed by atoms with Crippen LogP contribution in [0.25, 0.3) is 10.9 Å². The van der Waals surface area contributed by atoms with Crippen molar-refractivity contribution in [3.05, 3.63) is 73.4 Å². The van der Waals surface area contributed by atoms with Gasteiger partial charge in [0.2, 0.25) is 5.43 Å². The summed E-state index contributed by atoms with van der Waals surface area (Å²) in [5, 5.41) is 13.4. The molecule has 5 nitrogen and oxygen atoms in total. The maximum Gasteiger partial charge on any atom is 0.341 e. The lowest BCUT2D eigenvalue weighted by atomic mass is 10.1. The average Bonchev–Trinajstić information content (AvgIpc) is 2.64. The summed E-state index contributed by atoms with van der Waals surface area (Å²) in [6.45, 7) is 3.05. The zero-order chi connectivity index (χ0) is 19.6. The SMILES string of the molecule is CCn1cc(C(=O)O)c(=O)c2cc(NCCc3ccc(Br)cc3)c(Cl)cc21. The topological polar surface area (TPSA) is 71.3 Å². The Hall–Kier alpha value is -2.31. The zero-order valence-corrected chi connectivity index (χ0v) is 17.0. The summed E-state index contributed by atoms with van der Waals surface area (Å²) >= 11 is 9.80. The first kappa shape index (κ1) is 19.5. The van der Waals surface area contributed by atoms with Crippen molar-refractivity contribution >= 4 is 50.1 Å². The van der Waals surface area contributed by atoms with Crippen LogP contribution >= 0.6 is 27.5 Å². The largest absolute Gasteiger partial charge is 0.477 e. The highest BCUT2D eigenvalue weighted by molar-refractivity contribution is 9.10. The monoisotopic (exact) mass is 448 g/mol. The van der Waals surface area contributed by atoms with Gasteiger partial charge in [-0.05, 0) is 43.2 Å². The summed E-state index contributed by atoms with van der Waals surface area (Å²) < 4.78 is 2.75. The molecule has 27 heavy (non-hydrogen) atoms. The lowest BCUT2D eigenvalue weighted by molar-refractivity contribution is 0.0695. The third-order valence-electron chi connectivity index (χ3n) is 4.38. The van der Waals surface area contributed by atoms with E-state index in [2.05, 4.69) is 21.2 Å². The van der Waals surface area contributed by atoms with E-state index in [0.717, 1.165) is 10.9 Å². The third kappa shape index (κ3) is 4.17. The van der Waals surface area contributed by atoms with E-state index in [1.165, 1.54) is 11.8 Å². The molecule has 0 aliphatic carbocycles. The number of hydrogen-bond donors (Lipinski definition) is 2. The molecule has 0 saturated carbocycles. The first-order chi connectivity index (χ1) is 12.9. The normalized spacial score (nSPS) is 10.9. The molecule has 0 amide bonds. The van der Waals surface area contributed by atoms with E-state index in [0.29, 0.717) is 34.7 Å². The molecule has 0 unspecified atom stereocenters. The lowest BCUT2D eigenvalue weighted by Crippen LogP contribution is -2.19. The number of halogens is 2. The van der Waals surface area contributed by atoms with Gasteiger partial charge in [0.15, 0.2) is 0 Å². The number of pyridine rings is 1. The predicted octanol–water partition coefficient (Wildman–Crippen LogP) is 4.79. The van der Waals surface area contributed by atoms with Crippen molar-refractivity contribution in [1.82, 2.24) is 4.57 Å². The molecule has 0 atom stereocenters. The van der Waals surface area contributed by atoms with Crippen molar-refractivity contribution in [3.8, 4) is 0 Å². The molecule has 2 aromatic carbocycles. The molecular formula is C20H18BrClN2O3. The molecule has 0 spiro atoms. The van der Waals surface area contributed by atoms with Crippen molar-refractivity contribution in [1.29, 1.82) is 0 Å². The Kier molecular flexibility index (Phi) is 5.87. The average molecular weight is 450 g/mol. The van der Waals surface area contributed by atoms with E-state index in [1.807, 2.05) is 31.2 Å². The number of carbonyl (C=O) groups is 1. The van der Waals surface area contributed by atoms with Crippen LogP contribution in [0.15, 0.2) is 51.9 Å². The maximum atomic E-state index is 12.6. The molecule has 0 aliphatic heterocycles. The Morgan fingerprint density at radius 1 is 1.26 bits per heavy atom. The summed E-state index contributed by atoms with van der Waals surface area (Å²) in [6.07, 6.45) is 2.15. The predicted molar refractivity (Wildman–Crippen MR) is 112 cm³/mol. The number of benzene rings is 2. The van der Waals surface area contributed by atoms with Gasteiger partial charge in [0.25, 0.3) is 0 Å². The van der Waals surface area contributed by atoms with Gasteiger partial charge in [-0.15, -0.1) is 0 Å². The van der Waals surface area contributed by atoms with Gasteiger partial charge in [-0.1, -0.05) is 39.7 Å². The van der Waals surface area contributed by atoms with Crippen molar-refractivity contribution < 1.29 is 9.90 Å². The number of carboxylic acids is 1. The Bertz CT molecular complexity index is 1060. The van der Waals surface area contributed by atoms with E-state index in [9.17, 15) is 14.7 Å². The number of fused-ring (bicyclic) bond motifs is 1. The Balaban J connectivity index is 1.92. The molecule has 1 heterocycles. The van der Waals surface area contributed by atoms with E-state index < -0.39 is 11.4 Å². The smallest absolute Gasteiger partial charge is 0.341 e. The van der Waals surface area contributed by atoms with Crippen LogP contribution in [0.3, 0.4) is 0 Å². The summed E-state index contributed by atoms with van der Waals surface area (Å²) in [5.41, 5.74) is 1.66. The van der Waals surface area contributed by atoms with Crippen molar-refractivity contribution in [2.24, 2.45) is 0 Å². The molecule has 0 saturated heterocycles. The fraction of sp³-hybridized carbons (Fsp3) is 0.200. The van der Waals surface area contributed by atoms with Crippen LogP contribution in [0.4, 0.5) is 5.69 Å². The van der Waals surface area contributed by atoms with Gasteiger partial charge >= 0.3 is 5.97 Å². The number of nitrogens with zero attached hydrogens (tertiary/aromatic N) is 1. The van der Waals surface area contributed by atoms with Crippen LogP contribution in [-0.2, 0) is 13.0 Å². The van der Waals surface area contributed by atoms with Crippen LogP contribution in [0.2, 0.25) is 5.02 Å². The van der Waals surface area contributed by atoms with E-state index in [1.54, 1.807) is 16.7 Å². The van der Waals surface area contributed by atoms with Gasteiger partial charge in [0, 0.05) is 29.1 Å². The maximum absolute atomic E-state index is 12.6. The summed E-state index contributed by atoms with van der Waals surface area (Å²) in [6, 6.07) is 11.4. The van der Waals surface area contributed by atoms with Crippen LogP contribution in [0, 0.1) is 0 Å². The van der Waals surface area contributed by atoms with Crippen molar-refractivity contribution in [3.63, 3.8) is 0 Å². The second kappa shape index (κ2) is 8.15. The number of anilines is 1. The van der Waals surface area contributed by atoms with Crippen LogP contribution in [-0.4, -0.2) is 22.2 Å². The van der Waals surface area contributed by atoms with Crippen LogP contribution < -0.4 is 10.7 Å². The van der Waals surface area contributed by atoms with Crippen molar-refractivity contribution in [2.75, 3.05) is 11.9 Å². The third-order valence-corrected chi connectivity index (χ3v) is 5.22. The number of carboxylic acid groups (broad SMARTS) is 1. The molecule has 3 rings (SSSR count). The Morgan fingerprint density at radius 2 is 1.96 bits per heavy atom. The highest BCUT2D eigenvalue weighted by Gasteiger charge is 2.16. The second-order valence-corrected chi connectivity index (χ2v) is 7.44. The lowest BCUT2D eigenvalue weighted by Gasteiger charge is -2.14. The van der Waals surface area contributed by atoms with E-state index in [-0.39, 0.29) is 5.56 Å². The number of rotatable bonds is 6. The summed E-state index contributed by atoms with van der Waals surface area (Å²) in [7, 11) is 0. The van der Waals surface area contributed by atoms with Crippen LogP contribution in [0.1, 0.15) is 22.8 Å². The molecule has 2 N–H and O–H groups in total. The fourth-order valence-electron chi connectivity index (χ4n) is 2.95. The minimum atomic E-state index is -1.23. The first-order valence-electron chi connectivity index (χ1n) is 8.49. The van der Waals surface area contributed by atoms with Crippen LogP contribution in [0.5, 0.6) is 0 Å². The molecule has 0 fully saturated rings. The number of nitrogens with one attached hydrogen (secondary N) is 1. The highest BCUT2D eigenvalue weighted by Crippen LogP contribution is 2.27. The number of aromatic carboxylic acids is 1. The summed E-state index contributed by atoms with van der Waals surface area (Å²) in [5.74, 6) is -1.23. The van der Waals surface area contributed by atoms with E-state index in [4.69, 9.17) is 11.6 Å². The molecule has 1 aromatic heterocycles. The van der Waals surface area contributed by atoms with Gasteiger partial charge in [0.1, 0.15) is 5.56 Å². The molecule has 0 bridgehead atoms. The Morgan fingerprint density at radius 3 is 2.59 bits per heavy atom.